The van der Waals surface area contributed by atoms with Crippen molar-refractivity contribution < 1.29 is 19.5 Å². The number of nitrogens with zero attached hydrogens (tertiary/aromatic N) is 1. The number of hydrogen-bond donors (Lipinski definition) is 2. The molecule has 1 aromatic carbocycles. The van der Waals surface area contributed by atoms with Crippen molar-refractivity contribution in [1.29, 1.82) is 0 Å². The lowest BCUT2D eigenvalue weighted by Crippen LogP contribution is -2.31. The van der Waals surface area contributed by atoms with Gasteiger partial charge in [0.05, 0.1) is 11.8 Å². The van der Waals surface area contributed by atoms with E-state index >= 15 is 0 Å². The molecule has 0 unspecified atom stereocenters. The molecular weight excluding hydrogens is 332 g/mol. The summed E-state index contributed by atoms with van der Waals surface area (Å²) in [7, 11) is 0. The molecule has 26 heavy (non-hydrogen) atoms. The van der Waals surface area contributed by atoms with Gasteiger partial charge in [0.1, 0.15) is 0 Å². The van der Waals surface area contributed by atoms with Crippen LogP contribution in [-0.2, 0) is 9.59 Å². The zero-order valence-corrected chi connectivity index (χ0v) is 15.3. The van der Waals surface area contributed by atoms with Crippen molar-refractivity contribution in [2.24, 2.45) is 17.3 Å². The SMILES string of the molecule is CC1(C)[C@H](C(=O)O)[C@@H]1C(=O)Nc1ccc(C(=O)N2CCCCCC2)cc1. The van der Waals surface area contributed by atoms with Crippen molar-refractivity contribution in [2.45, 2.75) is 39.5 Å². The third-order valence-corrected chi connectivity index (χ3v) is 5.67. The van der Waals surface area contributed by atoms with Crippen LogP contribution in [0, 0.1) is 17.3 Å². The fraction of sp³-hybridized carbons (Fsp3) is 0.550. The van der Waals surface area contributed by atoms with Crippen molar-refractivity contribution in [1.82, 2.24) is 4.90 Å². The van der Waals surface area contributed by atoms with E-state index in [1.807, 2.05) is 4.90 Å². The Morgan fingerprint density at radius 1 is 1.00 bits per heavy atom. The van der Waals surface area contributed by atoms with E-state index in [1.54, 1.807) is 38.1 Å². The van der Waals surface area contributed by atoms with Crippen LogP contribution in [0.15, 0.2) is 24.3 Å². The third-order valence-electron chi connectivity index (χ3n) is 5.67. The number of carbonyl (C=O) groups is 3. The molecule has 2 amide bonds. The Morgan fingerprint density at radius 3 is 2.08 bits per heavy atom. The minimum atomic E-state index is -0.937. The fourth-order valence-electron chi connectivity index (χ4n) is 3.96. The second-order valence-corrected chi connectivity index (χ2v) is 7.89. The Labute approximate surface area is 153 Å². The second-order valence-electron chi connectivity index (χ2n) is 7.89. The van der Waals surface area contributed by atoms with Crippen molar-refractivity contribution in [2.75, 3.05) is 18.4 Å². The number of rotatable bonds is 4. The Balaban J connectivity index is 1.62. The molecule has 0 radical (unpaired) electrons. The fourth-order valence-corrected chi connectivity index (χ4v) is 3.96. The van der Waals surface area contributed by atoms with E-state index in [4.69, 9.17) is 0 Å². The average molecular weight is 358 g/mol. The molecule has 3 rings (SSSR count). The Morgan fingerprint density at radius 2 is 1.58 bits per heavy atom. The largest absolute Gasteiger partial charge is 0.481 e. The molecule has 1 heterocycles. The van der Waals surface area contributed by atoms with Crippen molar-refractivity contribution in [3.8, 4) is 0 Å². The molecule has 1 aliphatic carbocycles. The van der Waals surface area contributed by atoms with Crippen LogP contribution in [0.5, 0.6) is 0 Å². The maximum atomic E-state index is 12.6. The molecule has 1 aliphatic heterocycles. The van der Waals surface area contributed by atoms with Gasteiger partial charge in [-0.15, -0.1) is 0 Å². The molecule has 1 saturated carbocycles. The van der Waals surface area contributed by atoms with E-state index in [-0.39, 0.29) is 11.8 Å². The summed E-state index contributed by atoms with van der Waals surface area (Å²) in [5.74, 6) is -2.37. The zero-order valence-electron chi connectivity index (χ0n) is 15.3. The molecule has 2 N–H and O–H groups in total. The van der Waals surface area contributed by atoms with Crippen LogP contribution in [0.2, 0.25) is 0 Å². The molecule has 140 valence electrons. The third kappa shape index (κ3) is 3.59. The number of nitrogens with one attached hydrogen (secondary N) is 1. The summed E-state index contributed by atoms with van der Waals surface area (Å²) in [5.41, 5.74) is 0.660. The van der Waals surface area contributed by atoms with Gasteiger partial charge in [0.25, 0.3) is 5.91 Å². The quantitative estimate of drug-likeness (QED) is 0.866. The van der Waals surface area contributed by atoms with Gasteiger partial charge in [-0.05, 0) is 42.5 Å². The van der Waals surface area contributed by atoms with E-state index in [2.05, 4.69) is 5.32 Å². The molecule has 2 atom stereocenters. The Bertz CT molecular complexity index is 703. The molecule has 6 heteroatoms. The summed E-state index contributed by atoms with van der Waals surface area (Å²) in [5, 5.41) is 12.0. The molecule has 2 fully saturated rings. The van der Waals surface area contributed by atoms with Crippen LogP contribution in [0.25, 0.3) is 0 Å². The highest BCUT2D eigenvalue weighted by Crippen LogP contribution is 2.58. The predicted octanol–water partition coefficient (Wildman–Crippen LogP) is 3.00. The monoisotopic (exact) mass is 358 g/mol. The highest BCUT2D eigenvalue weighted by atomic mass is 16.4. The van der Waals surface area contributed by atoms with Crippen LogP contribution in [0.1, 0.15) is 49.9 Å². The van der Waals surface area contributed by atoms with E-state index in [0.29, 0.717) is 11.3 Å². The number of anilines is 1. The normalized spacial score (nSPS) is 24.5. The van der Waals surface area contributed by atoms with Gasteiger partial charge >= 0.3 is 5.97 Å². The summed E-state index contributed by atoms with van der Waals surface area (Å²) in [6, 6.07) is 6.84. The highest BCUT2D eigenvalue weighted by molar-refractivity contribution is 6.00. The second kappa shape index (κ2) is 7.09. The minimum absolute atomic E-state index is 0.0269. The van der Waals surface area contributed by atoms with Crippen molar-refractivity contribution in [3.05, 3.63) is 29.8 Å². The summed E-state index contributed by atoms with van der Waals surface area (Å²) in [4.78, 5) is 38.1. The lowest BCUT2D eigenvalue weighted by atomic mass is 10.1. The van der Waals surface area contributed by atoms with Crippen LogP contribution in [0.3, 0.4) is 0 Å². The number of carbonyl (C=O) groups excluding carboxylic acids is 2. The van der Waals surface area contributed by atoms with Gasteiger partial charge in [-0.25, -0.2) is 0 Å². The first-order valence-corrected chi connectivity index (χ1v) is 9.25. The lowest BCUT2D eigenvalue weighted by molar-refractivity contribution is -0.140. The highest BCUT2D eigenvalue weighted by Gasteiger charge is 2.65. The molecule has 1 saturated heterocycles. The van der Waals surface area contributed by atoms with Crippen molar-refractivity contribution >= 4 is 23.5 Å². The number of aliphatic carboxylic acids is 1. The number of carboxylic acid groups (broad SMARTS) is 1. The summed E-state index contributed by atoms with van der Waals surface area (Å²) in [6.45, 7) is 5.17. The maximum Gasteiger partial charge on any atom is 0.307 e. The van der Waals surface area contributed by atoms with Crippen LogP contribution in [-0.4, -0.2) is 40.9 Å². The van der Waals surface area contributed by atoms with Gasteiger partial charge in [-0.3, -0.25) is 14.4 Å². The standard InChI is InChI=1S/C20H26N2O4/c1-20(2)15(16(20)19(25)26)17(23)21-14-9-7-13(8-10-14)18(24)22-11-5-3-4-6-12-22/h7-10,15-16H,3-6,11-12H2,1-2H3,(H,21,23)(H,25,26)/t15-,16+/m1/s1. The number of likely N-dealkylation sites (tertiary alicyclic amines) is 1. The van der Waals surface area contributed by atoms with Gasteiger partial charge in [-0.1, -0.05) is 26.7 Å². The van der Waals surface area contributed by atoms with Crippen LogP contribution >= 0.6 is 0 Å². The molecule has 0 spiro atoms. The molecule has 1 aromatic rings. The number of amides is 2. The topological polar surface area (TPSA) is 86.7 Å². The van der Waals surface area contributed by atoms with Gasteiger partial charge in [0.2, 0.25) is 5.91 Å². The number of carboxylic acids is 1. The van der Waals surface area contributed by atoms with Gasteiger partial charge in [0, 0.05) is 24.3 Å². The summed E-state index contributed by atoms with van der Waals surface area (Å²) >= 11 is 0. The first-order valence-electron chi connectivity index (χ1n) is 9.25. The number of hydrogen-bond acceptors (Lipinski definition) is 3. The van der Waals surface area contributed by atoms with Gasteiger partial charge in [-0.2, -0.15) is 0 Å². The first kappa shape index (κ1) is 18.4. The van der Waals surface area contributed by atoms with Gasteiger partial charge < -0.3 is 15.3 Å². The molecular formula is C20H26N2O4. The van der Waals surface area contributed by atoms with E-state index in [9.17, 15) is 19.5 Å². The van der Waals surface area contributed by atoms with E-state index in [1.165, 1.54) is 12.8 Å². The molecule has 0 bridgehead atoms. The van der Waals surface area contributed by atoms with Crippen LogP contribution < -0.4 is 5.32 Å². The minimum Gasteiger partial charge on any atom is -0.481 e. The lowest BCUT2D eigenvalue weighted by Gasteiger charge is -2.20. The molecule has 0 aromatic heterocycles. The zero-order chi connectivity index (χ0) is 18.9. The van der Waals surface area contributed by atoms with Crippen molar-refractivity contribution in [3.63, 3.8) is 0 Å². The summed E-state index contributed by atoms with van der Waals surface area (Å²) in [6.07, 6.45) is 4.43. The van der Waals surface area contributed by atoms with E-state index in [0.717, 1.165) is 25.9 Å². The molecule has 6 nitrogen and oxygen atoms in total. The maximum absolute atomic E-state index is 12.6. The van der Waals surface area contributed by atoms with Gasteiger partial charge in [0.15, 0.2) is 0 Å². The summed E-state index contributed by atoms with van der Waals surface area (Å²) < 4.78 is 0. The predicted molar refractivity (Wildman–Crippen MR) is 97.8 cm³/mol. The number of benzene rings is 1. The average Bonchev–Trinajstić information content (AvgIpc) is 3.27. The molecule has 2 aliphatic rings. The van der Waals surface area contributed by atoms with E-state index < -0.39 is 23.2 Å². The Hall–Kier alpha value is -2.37. The first-order chi connectivity index (χ1) is 12.3. The smallest absolute Gasteiger partial charge is 0.307 e. The van der Waals surface area contributed by atoms with Crippen LogP contribution in [0.4, 0.5) is 5.69 Å². The Kier molecular flexibility index (Phi) is 5.03.